The van der Waals surface area contributed by atoms with E-state index in [1.165, 1.54) is 0 Å². The number of rotatable bonds is 0. The molecular weight excluding hydrogens is 358 g/mol. The minimum Gasteiger partial charge on any atom is -0.870 e. The predicted molar refractivity (Wildman–Crippen MR) is 59.7 cm³/mol. The smallest absolute Gasteiger partial charge is 0.870 e. The van der Waals surface area contributed by atoms with Crippen LogP contribution in [0.2, 0.25) is 0 Å². The molecule has 0 rings (SSSR count). The summed E-state index contributed by atoms with van der Waals surface area (Å²) < 4.78 is 0. The molecule has 0 spiro atoms. The maximum Gasteiger partial charge on any atom is 4.00 e. The van der Waals surface area contributed by atoms with E-state index in [1.54, 1.807) is 0 Å². The van der Waals surface area contributed by atoms with E-state index in [9.17, 15) is 0 Å². The zero-order valence-corrected chi connectivity index (χ0v) is 18.9. The van der Waals surface area contributed by atoms with Gasteiger partial charge in [0.2, 0.25) is 0 Å². The fraction of sp³-hybridized carbons (Fsp3) is 0. The molecule has 0 saturated heterocycles. The van der Waals surface area contributed by atoms with Crippen LogP contribution in [0.25, 0.3) is 0 Å². The van der Waals surface area contributed by atoms with Gasteiger partial charge in [-0.2, -0.15) is 13.5 Å². The van der Waals surface area contributed by atoms with Crippen molar-refractivity contribution in [2.24, 2.45) is 0 Å². The molecule has 0 aliphatic carbocycles. The molecule has 0 fully saturated rings. The van der Waals surface area contributed by atoms with E-state index in [4.69, 9.17) is 0 Å². The van der Waals surface area contributed by atoms with Crippen molar-refractivity contribution in [1.82, 2.24) is 0 Å². The van der Waals surface area contributed by atoms with Crippen LogP contribution >= 0.6 is 13.5 Å². The third-order valence-electron chi connectivity index (χ3n) is 0. The molecule has 11 heavy (non-hydrogen) atoms. The Balaban J connectivity index is 0. The topological polar surface area (TPSA) is 61.5 Å². The minimum absolute atomic E-state index is 0. The minimum atomic E-state index is 0. The van der Waals surface area contributed by atoms with Crippen LogP contribution in [0.1, 0.15) is 0 Å². The van der Waals surface area contributed by atoms with Crippen molar-refractivity contribution in [2.75, 3.05) is 0 Å². The summed E-state index contributed by atoms with van der Waals surface area (Å²) in [5.74, 6) is 0. The third-order valence-corrected chi connectivity index (χ3v) is 0. The molecular formula is H10FeK2O2S6. The number of hydrogen-bond acceptors (Lipinski definition) is 6. The van der Waals surface area contributed by atoms with E-state index >= 15 is 0 Å². The van der Waals surface area contributed by atoms with Crippen LogP contribution < -0.4 is 103 Å². The van der Waals surface area contributed by atoms with Crippen molar-refractivity contribution < 1.29 is 131 Å². The molecule has 0 aliphatic heterocycles. The Morgan fingerprint density at radius 1 is 0.545 bits per heavy atom. The fourth-order valence-corrected chi connectivity index (χ4v) is 0. The third kappa shape index (κ3) is 89.3. The largest absolute Gasteiger partial charge is 4.00 e. The van der Waals surface area contributed by atoms with Gasteiger partial charge >= 0.3 is 120 Å². The van der Waals surface area contributed by atoms with Gasteiger partial charge in [0.05, 0.1) is 0 Å². The summed E-state index contributed by atoms with van der Waals surface area (Å²) in [6.45, 7) is 0. The van der Waals surface area contributed by atoms with Crippen LogP contribution in [0.3, 0.4) is 0 Å². The molecule has 0 unspecified atom stereocenters. The summed E-state index contributed by atoms with van der Waals surface area (Å²) in [5, 5.41) is 0. The Kier molecular flexibility index (Phi) is 1160. The van der Waals surface area contributed by atoms with E-state index in [1.807, 2.05) is 0 Å². The van der Waals surface area contributed by atoms with Crippen molar-refractivity contribution in [1.29, 1.82) is 0 Å². The molecule has 0 aromatic rings. The molecule has 2 nitrogen and oxygen atoms in total. The van der Waals surface area contributed by atoms with Crippen LogP contribution in [0, 0.1) is 0 Å². The molecule has 0 heterocycles. The zero-order valence-electron chi connectivity index (χ0n) is 6.04. The normalized spacial score (nSPS) is 0. The summed E-state index contributed by atoms with van der Waals surface area (Å²) in [5.41, 5.74) is 0. The van der Waals surface area contributed by atoms with Crippen molar-refractivity contribution in [3.8, 4) is 0 Å². The van der Waals surface area contributed by atoms with Crippen molar-refractivity contribution >= 4 is 81.0 Å². The molecule has 0 atom stereocenters. The van der Waals surface area contributed by atoms with E-state index in [0.29, 0.717) is 0 Å². The Bertz CT molecular complexity index is 18.5. The monoisotopic (exact) mass is 368 g/mol. The molecule has 11 heteroatoms. The van der Waals surface area contributed by atoms with E-state index < -0.39 is 0 Å². The number of hydrogen-bond donors (Lipinski definition) is 0. The SMILES string of the molecule is O.S.[Fe+4].[K+].[K+].[OH-].[SH-].[SH-].[SH-].[SH-].[SH-]. The fourth-order valence-electron chi connectivity index (χ4n) is 0. The van der Waals surface area contributed by atoms with E-state index in [0.717, 1.165) is 0 Å². The van der Waals surface area contributed by atoms with Gasteiger partial charge in [-0.05, 0) is 0 Å². The molecule has 0 aromatic heterocycles. The molecule has 0 radical (unpaired) electrons. The second-order valence-electron chi connectivity index (χ2n) is 0. The van der Waals surface area contributed by atoms with Gasteiger partial charge in [0.25, 0.3) is 0 Å². The molecule has 0 bridgehead atoms. The van der Waals surface area contributed by atoms with Crippen LogP contribution in [0.15, 0.2) is 0 Å². The Labute approximate surface area is 206 Å². The van der Waals surface area contributed by atoms with Crippen LogP contribution in [0.5, 0.6) is 0 Å². The summed E-state index contributed by atoms with van der Waals surface area (Å²) in [6.07, 6.45) is 0. The van der Waals surface area contributed by atoms with Crippen molar-refractivity contribution in [3.63, 3.8) is 0 Å². The predicted octanol–water partition coefficient (Wildman–Crippen LogP) is -8.23. The van der Waals surface area contributed by atoms with Gasteiger partial charge in [-0.25, -0.2) is 0 Å². The van der Waals surface area contributed by atoms with Gasteiger partial charge in [0, 0.05) is 0 Å². The van der Waals surface area contributed by atoms with Gasteiger partial charge in [-0.1, -0.05) is 0 Å². The molecule has 0 aromatic carbocycles. The van der Waals surface area contributed by atoms with Gasteiger partial charge in [-0.3, -0.25) is 0 Å². The quantitative estimate of drug-likeness (QED) is 0.240. The van der Waals surface area contributed by atoms with Gasteiger partial charge in [0.15, 0.2) is 0 Å². The van der Waals surface area contributed by atoms with Gasteiger partial charge in [0.1, 0.15) is 0 Å². The van der Waals surface area contributed by atoms with E-state index in [2.05, 4.69) is 0 Å². The second kappa shape index (κ2) is 103. The van der Waals surface area contributed by atoms with Crippen molar-refractivity contribution in [3.05, 3.63) is 0 Å². The Morgan fingerprint density at radius 3 is 0.545 bits per heavy atom. The van der Waals surface area contributed by atoms with Gasteiger partial charge < -0.3 is 78.4 Å². The first kappa shape index (κ1) is 124. The summed E-state index contributed by atoms with van der Waals surface area (Å²) in [4.78, 5) is 0. The Hall–Kier alpha value is 5.81. The average molecular weight is 369 g/mol. The zero-order chi connectivity index (χ0) is 0. The summed E-state index contributed by atoms with van der Waals surface area (Å²) in [6, 6.07) is 0. The molecule has 3 N–H and O–H groups in total. The van der Waals surface area contributed by atoms with Crippen LogP contribution in [0.4, 0.5) is 0 Å². The molecule has 0 amide bonds. The van der Waals surface area contributed by atoms with Crippen molar-refractivity contribution in [2.45, 2.75) is 0 Å². The number of thiol groups is 5. The maximum absolute atomic E-state index is 0. The second-order valence-corrected chi connectivity index (χ2v) is 0. The van der Waals surface area contributed by atoms with E-state index in [-0.39, 0.29) is 212 Å². The van der Waals surface area contributed by atoms with Crippen LogP contribution in [-0.4, -0.2) is 11.0 Å². The van der Waals surface area contributed by atoms with Gasteiger partial charge in [-0.15, -0.1) is 0 Å². The molecule has 68 valence electrons. The average Bonchev–Trinajstić information content (AvgIpc) is 0. The Morgan fingerprint density at radius 2 is 0.545 bits per heavy atom. The first-order chi connectivity index (χ1) is 0. The first-order valence-electron chi connectivity index (χ1n) is 0. The molecule has 0 aliphatic rings. The first-order valence-corrected chi connectivity index (χ1v) is 0. The molecule has 0 saturated carbocycles. The standard InChI is InChI=1S/Fe.2K.2H2O.6H2S/h;;;8*1H2/q+4;2*+1;;;;;;;;/p-6. The summed E-state index contributed by atoms with van der Waals surface area (Å²) in [7, 11) is 0. The maximum atomic E-state index is 0. The summed E-state index contributed by atoms with van der Waals surface area (Å²) >= 11 is 0. The van der Waals surface area contributed by atoms with Crippen LogP contribution in [-0.2, 0) is 84.5 Å².